The van der Waals surface area contributed by atoms with E-state index in [0.717, 1.165) is 0 Å². The largest absolute Gasteiger partial charge is 0.496 e. The fourth-order valence-electron chi connectivity index (χ4n) is 1.90. The van der Waals surface area contributed by atoms with E-state index in [0.29, 0.717) is 37.3 Å². The van der Waals surface area contributed by atoms with Gasteiger partial charge in [-0.05, 0) is 41.1 Å². The lowest BCUT2D eigenvalue weighted by Crippen LogP contribution is -2.00. The van der Waals surface area contributed by atoms with E-state index in [4.69, 9.17) is 32.7 Å². The van der Waals surface area contributed by atoms with Crippen LogP contribution in [0.3, 0.4) is 0 Å². The quantitative estimate of drug-likeness (QED) is 0.688. The number of methoxy groups -OCH3 is 1. The third kappa shape index (κ3) is 3.64. The van der Waals surface area contributed by atoms with Crippen molar-refractivity contribution in [3.05, 3.63) is 50.4 Å². The van der Waals surface area contributed by atoms with Crippen molar-refractivity contribution in [1.82, 2.24) is 0 Å². The number of hydrogen-bond acceptors (Lipinski definition) is 3. The molecule has 2 rings (SSSR count). The van der Waals surface area contributed by atoms with Crippen LogP contribution in [0.5, 0.6) is 17.2 Å². The van der Waals surface area contributed by atoms with Crippen LogP contribution >= 0.6 is 39.1 Å². The van der Waals surface area contributed by atoms with Crippen LogP contribution in [0.2, 0.25) is 10.0 Å². The summed E-state index contributed by atoms with van der Waals surface area (Å²) in [6.07, 6.45) is -0.749. The van der Waals surface area contributed by atoms with Gasteiger partial charge in [-0.25, -0.2) is 0 Å². The highest BCUT2D eigenvalue weighted by Gasteiger charge is 2.17. The Balaban J connectivity index is 2.47. The molecule has 0 fully saturated rings. The predicted molar refractivity (Wildman–Crippen MR) is 87.9 cm³/mol. The van der Waals surface area contributed by atoms with Gasteiger partial charge in [0.25, 0.3) is 0 Å². The van der Waals surface area contributed by atoms with Gasteiger partial charge in [0.15, 0.2) is 0 Å². The molecule has 0 amide bonds. The van der Waals surface area contributed by atoms with E-state index in [-0.39, 0.29) is 0 Å². The lowest BCUT2D eigenvalue weighted by atomic mass is 10.1. The van der Waals surface area contributed by atoms with Crippen LogP contribution in [0, 0.1) is 0 Å². The zero-order valence-corrected chi connectivity index (χ0v) is 14.5. The molecular weight excluding hydrogens is 379 g/mol. The minimum atomic E-state index is -0.749. The van der Waals surface area contributed by atoms with Crippen molar-refractivity contribution in [1.29, 1.82) is 0 Å². The average molecular weight is 392 g/mol. The van der Waals surface area contributed by atoms with Crippen LogP contribution in [0.25, 0.3) is 0 Å². The average Bonchev–Trinajstić information content (AvgIpc) is 2.44. The Bertz CT molecular complexity index is 660. The van der Waals surface area contributed by atoms with Gasteiger partial charge in [-0.1, -0.05) is 29.3 Å². The summed E-state index contributed by atoms with van der Waals surface area (Å²) in [5, 5.41) is 10.8. The van der Waals surface area contributed by atoms with E-state index in [1.807, 2.05) is 0 Å². The third-order valence-electron chi connectivity index (χ3n) is 2.86. The van der Waals surface area contributed by atoms with Crippen LogP contribution in [-0.4, -0.2) is 12.2 Å². The Morgan fingerprint density at radius 3 is 2.38 bits per heavy atom. The van der Waals surface area contributed by atoms with E-state index in [2.05, 4.69) is 15.9 Å². The van der Waals surface area contributed by atoms with Gasteiger partial charge < -0.3 is 14.6 Å². The highest BCUT2D eigenvalue weighted by molar-refractivity contribution is 9.10. The Morgan fingerprint density at radius 2 is 1.76 bits per heavy atom. The zero-order valence-electron chi connectivity index (χ0n) is 11.4. The number of hydrogen-bond donors (Lipinski definition) is 1. The highest BCUT2D eigenvalue weighted by atomic mass is 79.9. The summed E-state index contributed by atoms with van der Waals surface area (Å²) in [5.74, 6) is 1.41. The fourth-order valence-corrected chi connectivity index (χ4v) is 2.73. The van der Waals surface area contributed by atoms with Gasteiger partial charge in [-0.3, -0.25) is 0 Å². The van der Waals surface area contributed by atoms with E-state index in [9.17, 15) is 5.11 Å². The maximum Gasteiger partial charge on any atom is 0.147 e. The minimum Gasteiger partial charge on any atom is -0.496 e. The molecule has 0 saturated heterocycles. The summed E-state index contributed by atoms with van der Waals surface area (Å²) in [6, 6.07) is 8.52. The minimum absolute atomic E-state index is 0.403. The second kappa shape index (κ2) is 6.88. The molecule has 0 bridgehead atoms. The van der Waals surface area contributed by atoms with Gasteiger partial charge in [0, 0.05) is 10.5 Å². The third-order valence-corrected chi connectivity index (χ3v) is 4.35. The van der Waals surface area contributed by atoms with Gasteiger partial charge >= 0.3 is 0 Å². The van der Waals surface area contributed by atoms with Crippen molar-refractivity contribution in [3.8, 4) is 17.2 Å². The molecule has 6 heteroatoms. The second-order valence-electron chi connectivity index (χ2n) is 4.35. The maximum absolute atomic E-state index is 9.94. The fraction of sp³-hybridized carbons (Fsp3) is 0.200. The van der Waals surface area contributed by atoms with Crippen molar-refractivity contribution in [2.24, 2.45) is 0 Å². The van der Waals surface area contributed by atoms with Crippen LogP contribution in [0.4, 0.5) is 0 Å². The molecular formula is C15H13BrCl2O3. The Hall–Kier alpha value is -0.940. The van der Waals surface area contributed by atoms with Crippen molar-refractivity contribution in [2.75, 3.05) is 7.11 Å². The predicted octanol–water partition coefficient (Wildman–Crippen LogP) is 5.61. The molecule has 1 N–H and O–H groups in total. The second-order valence-corrected chi connectivity index (χ2v) is 6.02. The van der Waals surface area contributed by atoms with Crippen LogP contribution in [-0.2, 0) is 0 Å². The Labute approximate surface area is 141 Å². The monoisotopic (exact) mass is 390 g/mol. The lowest BCUT2D eigenvalue weighted by molar-refractivity contribution is 0.190. The number of benzene rings is 2. The summed E-state index contributed by atoms with van der Waals surface area (Å²) in [5.41, 5.74) is 0.551. The number of aliphatic hydroxyl groups is 1. The van der Waals surface area contributed by atoms with E-state index in [1.54, 1.807) is 37.3 Å². The van der Waals surface area contributed by atoms with E-state index >= 15 is 0 Å². The summed E-state index contributed by atoms with van der Waals surface area (Å²) >= 11 is 15.5. The SMILES string of the molecule is COc1cccc(Oc2cc(Cl)c(Br)cc2Cl)c1[C@H](C)O. The number of halogens is 3. The molecule has 0 spiro atoms. The summed E-state index contributed by atoms with van der Waals surface area (Å²) in [7, 11) is 1.54. The molecule has 0 heterocycles. The molecule has 0 aliphatic heterocycles. The van der Waals surface area contributed by atoms with Crippen molar-refractivity contribution >= 4 is 39.1 Å². The number of rotatable bonds is 4. The number of ether oxygens (including phenoxy) is 2. The molecule has 1 atom stereocenters. The van der Waals surface area contributed by atoms with Crippen molar-refractivity contribution in [3.63, 3.8) is 0 Å². The molecule has 2 aromatic carbocycles. The zero-order chi connectivity index (χ0) is 15.6. The molecule has 0 aliphatic carbocycles. The van der Waals surface area contributed by atoms with Gasteiger partial charge in [-0.2, -0.15) is 0 Å². The first-order chi connectivity index (χ1) is 9.93. The molecule has 0 aliphatic rings. The van der Waals surface area contributed by atoms with Crippen molar-refractivity contribution in [2.45, 2.75) is 13.0 Å². The molecule has 0 aromatic heterocycles. The molecule has 0 radical (unpaired) electrons. The van der Waals surface area contributed by atoms with Crippen LogP contribution in [0.15, 0.2) is 34.8 Å². The van der Waals surface area contributed by atoms with Crippen LogP contribution in [0.1, 0.15) is 18.6 Å². The maximum atomic E-state index is 9.94. The summed E-state index contributed by atoms with van der Waals surface area (Å²) < 4.78 is 11.7. The first kappa shape index (κ1) is 16.4. The van der Waals surface area contributed by atoms with E-state index < -0.39 is 6.10 Å². The van der Waals surface area contributed by atoms with Gasteiger partial charge in [0.2, 0.25) is 0 Å². The molecule has 3 nitrogen and oxygen atoms in total. The standard InChI is InChI=1S/C15H13BrCl2O3/c1-8(19)15-12(20-2)4-3-5-13(15)21-14-7-10(17)9(16)6-11(14)18/h3-8,19H,1-2H3/t8-/m0/s1. The highest BCUT2D eigenvalue weighted by Crippen LogP contribution is 2.40. The Morgan fingerprint density at radius 1 is 1.10 bits per heavy atom. The topological polar surface area (TPSA) is 38.7 Å². The molecule has 0 unspecified atom stereocenters. The first-order valence-corrected chi connectivity index (χ1v) is 7.66. The normalized spacial score (nSPS) is 12.1. The van der Waals surface area contributed by atoms with Crippen LogP contribution < -0.4 is 9.47 Å². The smallest absolute Gasteiger partial charge is 0.147 e. The van der Waals surface area contributed by atoms with Gasteiger partial charge in [-0.15, -0.1) is 0 Å². The number of aliphatic hydroxyl groups excluding tert-OH is 1. The molecule has 21 heavy (non-hydrogen) atoms. The van der Waals surface area contributed by atoms with Gasteiger partial charge in [0.1, 0.15) is 17.2 Å². The first-order valence-electron chi connectivity index (χ1n) is 6.11. The summed E-state index contributed by atoms with van der Waals surface area (Å²) in [6.45, 7) is 1.64. The molecule has 0 saturated carbocycles. The summed E-state index contributed by atoms with van der Waals surface area (Å²) in [4.78, 5) is 0. The Kier molecular flexibility index (Phi) is 5.38. The van der Waals surface area contributed by atoms with E-state index in [1.165, 1.54) is 7.11 Å². The van der Waals surface area contributed by atoms with Gasteiger partial charge in [0.05, 0.1) is 28.8 Å². The molecule has 112 valence electrons. The molecule has 2 aromatic rings. The lowest BCUT2D eigenvalue weighted by Gasteiger charge is -2.17. The van der Waals surface area contributed by atoms with Crippen molar-refractivity contribution < 1.29 is 14.6 Å².